The number of aromatic nitrogens is 1. The fourth-order valence-corrected chi connectivity index (χ4v) is 4.00. The Labute approximate surface area is 185 Å². The molecule has 0 saturated carbocycles. The minimum absolute atomic E-state index is 0.121. The van der Waals surface area contributed by atoms with Crippen LogP contribution in [0.25, 0.3) is 0 Å². The van der Waals surface area contributed by atoms with Gasteiger partial charge in [0.1, 0.15) is 5.69 Å². The van der Waals surface area contributed by atoms with Crippen molar-refractivity contribution < 1.29 is 14.3 Å². The number of morpholine rings is 1. The number of hydrogen-bond donors (Lipinski definition) is 2. The van der Waals surface area contributed by atoms with E-state index in [1.807, 2.05) is 54.6 Å². The van der Waals surface area contributed by atoms with Crippen LogP contribution >= 0.6 is 11.3 Å². The van der Waals surface area contributed by atoms with Crippen molar-refractivity contribution in [2.24, 2.45) is 0 Å². The van der Waals surface area contributed by atoms with Gasteiger partial charge >= 0.3 is 0 Å². The van der Waals surface area contributed by atoms with Crippen molar-refractivity contribution in [3.05, 3.63) is 71.2 Å². The zero-order chi connectivity index (χ0) is 21.5. The largest absolute Gasteiger partial charge is 0.378 e. The van der Waals surface area contributed by atoms with Gasteiger partial charge < -0.3 is 20.3 Å². The zero-order valence-corrected chi connectivity index (χ0v) is 17.9. The van der Waals surface area contributed by atoms with Crippen molar-refractivity contribution in [2.75, 3.05) is 41.8 Å². The molecule has 2 aromatic carbocycles. The average Bonchev–Trinajstić information content (AvgIpc) is 3.28. The second-order valence-corrected chi connectivity index (χ2v) is 8.03. The molecule has 7 nitrogen and oxygen atoms in total. The van der Waals surface area contributed by atoms with Crippen molar-refractivity contribution in [1.82, 2.24) is 4.98 Å². The van der Waals surface area contributed by atoms with Crippen LogP contribution in [0, 0.1) is 0 Å². The van der Waals surface area contributed by atoms with Crippen LogP contribution in [0.1, 0.15) is 22.5 Å². The SMILES string of the molecule is O=C(CCc1ccccc1)Nc1nc(C(=O)Nc2ccc(N3CCOCC3)cc2)cs1. The second-order valence-electron chi connectivity index (χ2n) is 7.17. The highest BCUT2D eigenvalue weighted by atomic mass is 32.1. The van der Waals surface area contributed by atoms with E-state index in [1.165, 1.54) is 11.3 Å². The fourth-order valence-electron chi connectivity index (χ4n) is 3.29. The number of thiazole rings is 1. The highest BCUT2D eigenvalue weighted by Gasteiger charge is 2.14. The van der Waals surface area contributed by atoms with E-state index in [1.54, 1.807) is 5.38 Å². The Bertz CT molecular complexity index is 1010. The Morgan fingerprint density at radius 3 is 2.48 bits per heavy atom. The quantitative estimate of drug-likeness (QED) is 0.589. The molecule has 2 heterocycles. The molecule has 1 fully saturated rings. The third-order valence-electron chi connectivity index (χ3n) is 4.97. The standard InChI is InChI=1S/C23H24N4O3S/c28-21(11-6-17-4-2-1-3-5-17)26-23-25-20(16-31-23)22(29)24-18-7-9-19(10-8-18)27-12-14-30-15-13-27/h1-5,7-10,16H,6,11-15H2,(H,24,29)(H,25,26,28). The molecular weight excluding hydrogens is 412 g/mol. The number of ether oxygens (including phenoxy) is 1. The van der Waals surface area contributed by atoms with Crippen molar-refractivity contribution in [3.63, 3.8) is 0 Å². The van der Waals surface area contributed by atoms with E-state index in [4.69, 9.17) is 4.74 Å². The molecule has 8 heteroatoms. The van der Waals surface area contributed by atoms with Crippen LogP contribution in [0.5, 0.6) is 0 Å². The van der Waals surface area contributed by atoms with Crippen LogP contribution in [0.2, 0.25) is 0 Å². The maximum atomic E-state index is 12.5. The number of nitrogens with one attached hydrogen (secondary N) is 2. The second kappa shape index (κ2) is 10.2. The molecule has 0 spiro atoms. The number of aryl methyl sites for hydroxylation is 1. The summed E-state index contributed by atoms with van der Waals surface area (Å²) in [6.45, 7) is 3.19. The first kappa shape index (κ1) is 21.0. The number of benzene rings is 2. The summed E-state index contributed by atoms with van der Waals surface area (Å²) >= 11 is 1.24. The Morgan fingerprint density at radius 2 is 1.74 bits per heavy atom. The molecule has 0 radical (unpaired) electrons. The van der Waals surface area contributed by atoms with Crippen molar-refractivity contribution in [3.8, 4) is 0 Å². The summed E-state index contributed by atoms with van der Waals surface area (Å²) in [5.74, 6) is -0.427. The lowest BCUT2D eigenvalue weighted by Crippen LogP contribution is -2.36. The number of carbonyl (C=O) groups is 2. The maximum absolute atomic E-state index is 12.5. The number of carbonyl (C=O) groups excluding carboxylic acids is 2. The molecular formula is C23H24N4O3S. The lowest BCUT2D eigenvalue weighted by molar-refractivity contribution is -0.116. The molecule has 1 aliphatic heterocycles. The van der Waals surface area contributed by atoms with Crippen LogP contribution in [0.4, 0.5) is 16.5 Å². The molecule has 4 rings (SSSR count). The van der Waals surface area contributed by atoms with Gasteiger partial charge in [0.25, 0.3) is 5.91 Å². The van der Waals surface area contributed by atoms with Gasteiger partial charge in [0.2, 0.25) is 5.91 Å². The normalized spacial score (nSPS) is 13.6. The van der Waals surface area contributed by atoms with Crippen LogP contribution < -0.4 is 15.5 Å². The zero-order valence-electron chi connectivity index (χ0n) is 17.0. The van der Waals surface area contributed by atoms with Gasteiger partial charge in [-0.1, -0.05) is 30.3 Å². The molecule has 2 amide bonds. The van der Waals surface area contributed by atoms with Gasteiger partial charge in [0, 0.05) is 36.3 Å². The molecule has 31 heavy (non-hydrogen) atoms. The summed E-state index contributed by atoms with van der Waals surface area (Å²) in [5.41, 5.74) is 3.19. The molecule has 2 N–H and O–H groups in total. The summed E-state index contributed by atoms with van der Waals surface area (Å²) in [6.07, 6.45) is 1.02. The molecule has 1 aliphatic rings. The molecule has 3 aromatic rings. The highest BCUT2D eigenvalue weighted by molar-refractivity contribution is 7.14. The monoisotopic (exact) mass is 436 g/mol. The van der Waals surface area contributed by atoms with E-state index in [0.717, 1.165) is 37.6 Å². The predicted octanol–water partition coefficient (Wildman–Crippen LogP) is 3.80. The van der Waals surface area contributed by atoms with E-state index in [9.17, 15) is 9.59 Å². The van der Waals surface area contributed by atoms with E-state index >= 15 is 0 Å². The molecule has 0 aliphatic carbocycles. The smallest absolute Gasteiger partial charge is 0.275 e. The van der Waals surface area contributed by atoms with Crippen LogP contribution in [-0.4, -0.2) is 43.1 Å². The Balaban J connectivity index is 1.28. The Hall–Kier alpha value is -3.23. The fraction of sp³-hybridized carbons (Fsp3) is 0.261. The molecule has 1 saturated heterocycles. The van der Waals surface area contributed by atoms with Gasteiger partial charge in [0.05, 0.1) is 13.2 Å². The topological polar surface area (TPSA) is 83.6 Å². The van der Waals surface area contributed by atoms with Gasteiger partial charge in [-0.2, -0.15) is 0 Å². The summed E-state index contributed by atoms with van der Waals surface area (Å²) in [6, 6.07) is 17.6. The molecule has 0 unspecified atom stereocenters. The molecule has 0 bridgehead atoms. The first-order valence-corrected chi connectivity index (χ1v) is 11.1. The van der Waals surface area contributed by atoms with Gasteiger partial charge in [-0.15, -0.1) is 11.3 Å². The van der Waals surface area contributed by atoms with Crippen LogP contribution in [0.3, 0.4) is 0 Å². The van der Waals surface area contributed by atoms with Crippen molar-refractivity contribution in [2.45, 2.75) is 12.8 Å². The first-order valence-electron chi connectivity index (χ1n) is 10.2. The van der Waals surface area contributed by atoms with Gasteiger partial charge in [0.15, 0.2) is 5.13 Å². The Kier molecular flexibility index (Phi) is 6.91. The lowest BCUT2D eigenvalue weighted by Gasteiger charge is -2.28. The third-order valence-corrected chi connectivity index (χ3v) is 5.73. The van der Waals surface area contributed by atoms with Crippen LogP contribution in [-0.2, 0) is 16.0 Å². The number of rotatable bonds is 7. The van der Waals surface area contributed by atoms with E-state index in [2.05, 4.69) is 20.5 Å². The molecule has 160 valence electrons. The number of hydrogen-bond acceptors (Lipinski definition) is 6. The molecule has 1 aromatic heterocycles. The minimum atomic E-state index is -0.305. The minimum Gasteiger partial charge on any atom is -0.378 e. The summed E-state index contributed by atoms with van der Waals surface area (Å²) in [5, 5.41) is 7.68. The maximum Gasteiger partial charge on any atom is 0.275 e. The Morgan fingerprint density at radius 1 is 1.00 bits per heavy atom. The van der Waals surface area contributed by atoms with Gasteiger partial charge in [-0.25, -0.2) is 4.98 Å². The molecule has 0 atom stereocenters. The first-order chi connectivity index (χ1) is 15.2. The van der Waals surface area contributed by atoms with E-state index in [0.29, 0.717) is 23.7 Å². The van der Waals surface area contributed by atoms with Crippen molar-refractivity contribution >= 4 is 39.7 Å². The average molecular weight is 437 g/mol. The number of amides is 2. The summed E-state index contributed by atoms with van der Waals surface area (Å²) in [7, 11) is 0. The van der Waals surface area contributed by atoms with E-state index < -0.39 is 0 Å². The predicted molar refractivity (Wildman–Crippen MR) is 123 cm³/mol. The third kappa shape index (κ3) is 5.90. The van der Waals surface area contributed by atoms with Crippen molar-refractivity contribution in [1.29, 1.82) is 0 Å². The summed E-state index contributed by atoms with van der Waals surface area (Å²) < 4.78 is 5.38. The highest BCUT2D eigenvalue weighted by Crippen LogP contribution is 2.21. The number of anilines is 3. The van der Waals surface area contributed by atoms with Gasteiger partial charge in [-0.05, 0) is 36.2 Å². The summed E-state index contributed by atoms with van der Waals surface area (Å²) in [4.78, 5) is 31.2. The van der Waals surface area contributed by atoms with Crippen LogP contribution in [0.15, 0.2) is 60.0 Å². The number of nitrogens with zero attached hydrogens (tertiary/aromatic N) is 2. The van der Waals surface area contributed by atoms with Gasteiger partial charge in [-0.3, -0.25) is 9.59 Å². The van der Waals surface area contributed by atoms with E-state index in [-0.39, 0.29) is 17.5 Å². The lowest BCUT2D eigenvalue weighted by atomic mass is 10.1.